The monoisotopic (exact) mass is 324 g/mol. The molecule has 1 aromatic rings. The van der Waals surface area contributed by atoms with Gasteiger partial charge in [-0.2, -0.15) is 0 Å². The summed E-state index contributed by atoms with van der Waals surface area (Å²) in [5, 5.41) is 5.36. The fraction of sp³-hybridized carbons (Fsp3) is 0.467. The second-order valence-corrected chi connectivity index (χ2v) is 8.03. The third kappa shape index (κ3) is 4.84. The molecule has 0 aromatic heterocycles. The van der Waals surface area contributed by atoms with Crippen molar-refractivity contribution in [3.05, 3.63) is 29.8 Å². The molecule has 0 radical (unpaired) electrons. The maximum absolute atomic E-state index is 11.8. The quantitative estimate of drug-likeness (QED) is 0.818. The highest BCUT2D eigenvalue weighted by molar-refractivity contribution is 7.90. The molecule has 1 aromatic carbocycles. The highest BCUT2D eigenvalue weighted by atomic mass is 32.2. The van der Waals surface area contributed by atoms with Gasteiger partial charge in [0.25, 0.3) is 5.91 Å². The van der Waals surface area contributed by atoms with Crippen molar-refractivity contribution in [1.82, 2.24) is 5.32 Å². The number of carbonyl (C=O) groups is 2. The van der Waals surface area contributed by atoms with Gasteiger partial charge in [-0.25, -0.2) is 8.42 Å². The smallest absolute Gasteiger partial charge is 0.251 e. The Morgan fingerprint density at radius 1 is 1.23 bits per heavy atom. The molecule has 120 valence electrons. The lowest BCUT2D eigenvalue weighted by Gasteiger charge is -2.07. The van der Waals surface area contributed by atoms with Gasteiger partial charge in [-0.1, -0.05) is 6.92 Å². The second-order valence-electron chi connectivity index (χ2n) is 5.77. The fourth-order valence-electron chi connectivity index (χ4n) is 2.08. The molecule has 22 heavy (non-hydrogen) atoms. The minimum Gasteiger partial charge on any atom is -0.351 e. The Balaban J connectivity index is 1.85. The molecule has 2 amide bonds. The van der Waals surface area contributed by atoms with Gasteiger partial charge in [0.2, 0.25) is 5.91 Å². The van der Waals surface area contributed by atoms with Crippen molar-refractivity contribution < 1.29 is 18.0 Å². The Morgan fingerprint density at radius 2 is 1.82 bits per heavy atom. The van der Waals surface area contributed by atoms with Crippen LogP contribution in [0.5, 0.6) is 0 Å². The zero-order valence-corrected chi connectivity index (χ0v) is 13.4. The van der Waals surface area contributed by atoms with Crippen LogP contribution >= 0.6 is 0 Å². The van der Waals surface area contributed by atoms with Gasteiger partial charge in [0.1, 0.15) is 9.84 Å². The predicted octanol–water partition coefficient (Wildman–Crippen LogP) is 1.06. The molecule has 2 N–H and O–H groups in total. The topological polar surface area (TPSA) is 92.3 Å². The number of nitrogens with one attached hydrogen (secondary N) is 2. The van der Waals surface area contributed by atoms with E-state index in [0.717, 1.165) is 12.7 Å². The SMILES string of the molecule is C[C@@H]1C[C@H]1C(=O)Nc1ccc(C(=O)NCCS(C)(=O)=O)cc1. The van der Waals surface area contributed by atoms with Crippen molar-refractivity contribution >= 4 is 27.3 Å². The zero-order chi connectivity index (χ0) is 16.3. The normalized spacial score (nSPS) is 20.3. The summed E-state index contributed by atoms with van der Waals surface area (Å²) in [6, 6.07) is 6.52. The first-order chi connectivity index (χ1) is 10.3. The third-order valence-electron chi connectivity index (χ3n) is 3.62. The van der Waals surface area contributed by atoms with E-state index >= 15 is 0 Å². The van der Waals surface area contributed by atoms with E-state index in [2.05, 4.69) is 10.6 Å². The van der Waals surface area contributed by atoms with Gasteiger partial charge in [-0.15, -0.1) is 0 Å². The highest BCUT2D eigenvalue weighted by Crippen LogP contribution is 2.38. The maximum Gasteiger partial charge on any atom is 0.251 e. The van der Waals surface area contributed by atoms with Crippen LogP contribution in [0.4, 0.5) is 5.69 Å². The van der Waals surface area contributed by atoms with Crippen molar-refractivity contribution in [3.63, 3.8) is 0 Å². The Kier molecular flexibility index (Phi) is 4.85. The Morgan fingerprint density at radius 3 is 2.32 bits per heavy atom. The van der Waals surface area contributed by atoms with E-state index in [0.29, 0.717) is 17.2 Å². The zero-order valence-electron chi connectivity index (χ0n) is 12.6. The minimum atomic E-state index is -3.09. The minimum absolute atomic E-state index is 0.0119. The summed E-state index contributed by atoms with van der Waals surface area (Å²) in [5.41, 5.74) is 1.07. The molecule has 0 bridgehead atoms. The van der Waals surface area contributed by atoms with Crippen LogP contribution in [0.25, 0.3) is 0 Å². The summed E-state index contributed by atoms with van der Waals surface area (Å²) in [6.45, 7) is 2.11. The molecule has 6 nitrogen and oxygen atoms in total. The van der Waals surface area contributed by atoms with Gasteiger partial charge in [-0.3, -0.25) is 9.59 Å². The molecular formula is C15H20N2O4S. The van der Waals surface area contributed by atoms with Gasteiger partial charge < -0.3 is 10.6 Å². The molecule has 2 rings (SSSR count). The van der Waals surface area contributed by atoms with Crippen molar-refractivity contribution in [3.8, 4) is 0 Å². The van der Waals surface area contributed by atoms with Gasteiger partial charge >= 0.3 is 0 Å². The number of rotatable bonds is 6. The van der Waals surface area contributed by atoms with Crippen LogP contribution in [0, 0.1) is 11.8 Å². The van der Waals surface area contributed by atoms with Crippen LogP contribution in [-0.2, 0) is 14.6 Å². The van der Waals surface area contributed by atoms with Crippen LogP contribution in [-0.4, -0.2) is 38.8 Å². The Bertz CT molecular complexity index is 667. The maximum atomic E-state index is 11.8. The molecule has 0 saturated heterocycles. The number of amides is 2. The van der Waals surface area contributed by atoms with E-state index < -0.39 is 9.84 Å². The predicted molar refractivity (Wildman–Crippen MR) is 84.4 cm³/mol. The number of sulfone groups is 1. The third-order valence-corrected chi connectivity index (χ3v) is 4.56. The summed E-state index contributed by atoms with van der Waals surface area (Å²) >= 11 is 0. The van der Waals surface area contributed by atoms with E-state index in [1.165, 1.54) is 0 Å². The van der Waals surface area contributed by atoms with E-state index in [1.807, 2.05) is 6.92 Å². The molecule has 1 aliphatic carbocycles. The molecule has 0 unspecified atom stereocenters. The van der Waals surface area contributed by atoms with Gasteiger partial charge in [0, 0.05) is 30.0 Å². The molecule has 7 heteroatoms. The Labute approximate surface area is 130 Å². The first kappa shape index (κ1) is 16.5. The number of anilines is 1. The molecular weight excluding hydrogens is 304 g/mol. The second kappa shape index (κ2) is 6.48. The van der Waals surface area contributed by atoms with Gasteiger partial charge in [0.05, 0.1) is 5.75 Å². The van der Waals surface area contributed by atoms with Crippen LogP contribution < -0.4 is 10.6 Å². The number of hydrogen-bond acceptors (Lipinski definition) is 4. The first-order valence-electron chi connectivity index (χ1n) is 7.13. The largest absolute Gasteiger partial charge is 0.351 e. The van der Waals surface area contributed by atoms with E-state index in [1.54, 1.807) is 24.3 Å². The van der Waals surface area contributed by atoms with Crippen LogP contribution in [0.15, 0.2) is 24.3 Å². The van der Waals surface area contributed by atoms with Crippen molar-refractivity contribution in [2.45, 2.75) is 13.3 Å². The molecule has 0 aliphatic heterocycles. The molecule has 1 fully saturated rings. The van der Waals surface area contributed by atoms with Gasteiger partial charge in [-0.05, 0) is 36.6 Å². The van der Waals surface area contributed by atoms with Crippen LogP contribution in [0.3, 0.4) is 0 Å². The van der Waals surface area contributed by atoms with Crippen molar-refractivity contribution in [1.29, 1.82) is 0 Å². The number of hydrogen-bond donors (Lipinski definition) is 2. The summed E-state index contributed by atoms with van der Waals surface area (Å²) in [5.74, 6) is 0.126. The fourth-order valence-corrected chi connectivity index (χ4v) is 2.55. The lowest BCUT2D eigenvalue weighted by molar-refractivity contribution is -0.117. The molecule has 1 saturated carbocycles. The highest BCUT2D eigenvalue weighted by Gasteiger charge is 2.39. The molecule has 1 aliphatic rings. The lowest BCUT2D eigenvalue weighted by Crippen LogP contribution is -2.28. The van der Waals surface area contributed by atoms with Crippen molar-refractivity contribution in [2.24, 2.45) is 11.8 Å². The first-order valence-corrected chi connectivity index (χ1v) is 9.19. The molecule has 0 spiro atoms. The summed E-state index contributed by atoms with van der Waals surface area (Å²) in [4.78, 5) is 23.6. The number of carbonyl (C=O) groups excluding carboxylic acids is 2. The standard InChI is InChI=1S/C15H20N2O4S/c1-10-9-13(10)15(19)17-12-5-3-11(4-6-12)14(18)16-7-8-22(2,20)21/h3-6,10,13H,7-9H2,1-2H3,(H,16,18)(H,17,19)/t10-,13-/m1/s1. The summed E-state index contributed by atoms with van der Waals surface area (Å²) in [6.07, 6.45) is 2.05. The summed E-state index contributed by atoms with van der Waals surface area (Å²) < 4.78 is 22.0. The molecule has 2 atom stereocenters. The van der Waals surface area contributed by atoms with E-state index in [-0.39, 0.29) is 30.0 Å². The van der Waals surface area contributed by atoms with Crippen LogP contribution in [0.1, 0.15) is 23.7 Å². The average Bonchev–Trinajstić information content (AvgIpc) is 3.15. The van der Waals surface area contributed by atoms with E-state index in [9.17, 15) is 18.0 Å². The number of benzene rings is 1. The van der Waals surface area contributed by atoms with Crippen LogP contribution in [0.2, 0.25) is 0 Å². The Hall–Kier alpha value is -1.89. The lowest BCUT2D eigenvalue weighted by atomic mass is 10.2. The molecule has 0 heterocycles. The van der Waals surface area contributed by atoms with Crippen molar-refractivity contribution in [2.75, 3.05) is 23.9 Å². The summed E-state index contributed by atoms with van der Waals surface area (Å²) in [7, 11) is -3.09. The average molecular weight is 324 g/mol. The van der Waals surface area contributed by atoms with E-state index in [4.69, 9.17) is 0 Å². The van der Waals surface area contributed by atoms with Gasteiger partial charge in [0.15, 0.2) is 0 Å².